The molecule has 0 spiro atoms. The van der Waals surface area contributed by atoms with Crippen LogP contribution in [0, 0.1) is 6.92 Å². The molecule has 3 aromatic heterocycles. The van der Waals surface area contributed by atoms with Crippen molar-refractivity contribution >= 4 is 44.9 Å². The minimum absolute atomic E-state index is 0.0885. The first kappa shape index (κ1) is 20.0. The van der Waals surface area contributed by atoms with E-state index < -0.39 is 0 Å². The predicted molar refractivity (Wildman–Crippen MR) is 125 cm³/mol. The monoisotopic (exact) mass is 451 g/mol. The average Bonchev–Trinajstić information content (AvgIpc) is 3.37. The van der Waals surface area contributed by atoms with Crippen LogP contribution in [-0.2, 0) is 6.54 Å². The van der Waals surface area contributed by atoms with Crippen LogP contribution >= 0.6 is 22.9 Å². The van der Waals surface area contributed by atoms with Crippen LogP contribution in [0.2, 0.25) is 5.02 Å². The normalized spacial score (nSPS) is 14.4. The van der Waals surface area contributed by atoms with Gasteiger partial charge >= 0.3 is 0 Å². The fourth-order valence-corrected chi connectivity index (χ4v) is 5.27. The second kappa shape index (κ2) is 8.32. The standard InChI is InChI=1S/C23H22ClN5OS/c1-16-18-14-20(31-23(18)29(26-16)15-17-6-2-3-7-19(17)24)22(30)28-12-10-27(11-13-28)21-8-4-5-9-25-21/h2-9,14H,10-13,15H2,1H3. The molecule has 1 aromatic carbocycles. The molecule has 4 aromatic rings. The zero-order valence-electron chi connectivity index (χ0n) is 17.2. The number of hydrogen-bond acceptors (Lipinski definition) is 5. The lowest BCUT2D eigenvalue weighted by Gasteiger charge is -2.35. The van der Waals surface area contributed by atoms with Crippen molar-refractivity contribution in [1.82, 2.24) is 19.7 Å². The number of rotatable bonds is 4. The van der Waals surface area contributed by atoms with Gasteiger partial charge in [-0.15, -0.1) is 11.3 Å². The molecule has 1 aliphatic heterocycles. The van der Waals surface area contributed by atoms with E-state index in [1.54, 1.807) is 6.20 Å². The van der Waals surface area contributed by atoms with E-state index in [4.69, 9.17) is 11.6 Å². The van der Waals surface area contributed by atoms with Crippen LogP contribution in [-0.4, -0.2) is 51.8 Å². The summed E-state index contributed by atoms with van der Waals surface area (Å²) in [5.74, 6) is 1.05. The SMILES string of the molecule is Cc1nn(Cc2ccccc2Cl)c2sc(C(=O)N3CCN(c4ccccn4)CC3)cc12. The zero-order valence-corrected chi connectivity index (χ0v) is 18.7. The topological polar surface area (TPSA) is 54.3 Å². The summed E-state index contributed by atoms with van der Waals surface area (Å²) in [5.41, 5.74) is 1.94. The number of fused-ring (bicyclic) bond motifs is 1. The van der Waals surface area contributed by atoms with E-state index in [9.17, 15) is 4.79 Å². The third-order valence-electron chi connectivity index (χ3n) is 5.64. The number of hydrogen-bond donors (Lipinski definition) is 0. The number of anilines is 1. The number of thiophene rings is 1. The number of pyridine rings is 1. The Morgan fingerprint density at radius 2 is 1.87 bits per heavy atom. The van der Waals surface area contributed by atoms with Gasteiger partial charge in [-0.2, -0.15) is 5.10 Å². The quantitative estimate of drug-likeness (QED) is 0.459. The first-order chi connectivity index (χ1) is 15.1. The maximum atomic E-state index is 13.2. The summed E-state index contributed by atoms with van der Waals surface area (Å²) in [6.45, 7) is 5.52. The van der Waals surface area contributed by atoms with Crippen LogP contribution in [0.3, 0.4) is 0 Å². The number of aromatic nitrogens is 3. The lowest BCUT2D eigenvalue weighted by Crippen LogP contribution is -2.48. The molecule has 0 saturated carbocycles. The molecular weight excluding hydrogens is 430 g/mol. The number of benzene rings is 1. The highest BCUT2D eigenvalue weighted by atomic mass is 35.5. The Balaban J connectivity index is 1.34. The first-order valence-corrected chi connectivity index (χ1v) is 11.5. The Kier molecular flexibility index (Phi) is 5.38. The van der Waals surface area contributed by atoms with Crippen LogP contribution in [0.5, 0.6) is 0 Å². The third-order valence-corrected chi connectivity index (χ3v) is 7.14. The van der Waals surface area contributed by atoms with Crippen LogP contribution in [0.15, 0.2) is 54.7 Å². The van der Waals surface area contributed by atoms with E-state index in [1.807, 2.05) is 65.0 Å². The van der Waals surface area contributed by atoms with Gasteiger partial charge in [0.25, 0.3) is 5.91 Å². The Bertz CT molecular complexity index is 1230. The van der Waals surface area contributed by atoms with Crippen molar-refractivity contribution in [2.24, 2.45) is 0 Å². The van der Waals surface area contributed by atoms with Crippen molar-refractivity contribution < 1.29 is 4.79 Å². The second-order valence-corrected chi connectivity index (χ2v) is 9.07. The molecule has 0 bridgehead atoms. The molecule has 0 aliphatic carbocycles. The van der Waals surface area contributed by atoms with Gasteiger partial charge in [0.15, 0.2) is 0 Å². The molecule has 5 rings (SSSR count). The van der Waals surface area contributed by atoms with E-state index >= 15 is 0 Å². The molecule has 0 unspecified atom stereocenters. The highest BCUT2D eigenvalue weighted by molar-refractivity contribution is 7.20. The zero-order chi connectivity index (χ0) is 21.4. The fourth-order valence-electron chi connectivity index (χ4n) is 3.95. The Labute approximate surface area is 189 Å². The van der Waals surface area contributed by atoms with Gasteiger partial charge < -0.3 is 9.80 Å². The van der Waals surface area contributed by atoms with Crippen molar-refractivity contribution in [1.29, 1.82) is 0 Å². The lowest BCUT2D eigenvalue weighted by molar-refractivity contribution is 0.0751. The second-order valence-electron chi connectivity index (χ2n) is 7.63. The summed E-state index contributed by atoms with van der Waals surface area (Å²) >= 11 is 7.85. The maximum absolute atomic E-state index is 13.2. The summed E-state index contributed by atoms with van der Waals surface area (Å²) in [7, 11) is 0. The number of halogens is 1. The van der Waals surface area contributed by atoms with Gasteiger partial charge in [-0.25, -0.2) is 4.98 Å². The Hall–Kier alpha value is -2.90. The molecule has 1 amide bonds. The van der Waals surface area contributed by atoms with Gasteiger partial charge in [-0.1, -0.05) is 35.9 Å². The van der Waals surface area contributed by atoms with Gasteiger partial charge in [-0.3, -0.25) is 9.48 Å². The molecule has 0 radical (unpaired) electrons. The van der Waals surface area contributed by atoms with Crippen molar-refractivity contribution in [3.8, 4) is 0 Å². The molecule has 158 valence electrons. The summed E-state index contributed by atoms with van der Waals surface area (Å²) in [6.07, 6.45) is 1.80. The molecule has 31 heavy (non-hydrogen) atoms. The molecule has 8 heteroatoms. The smallest absolute Gasteiger partial charge is 0.264 e. The molecule has 4 heterocycles. The highest BCUT2D eigenvalue weighted by Gasteiger charge is 2.25. The van der Waals surface area contributed by atoms with Crippen molar-refractivity contribution in [3.05, 3.63) is 75.9 Å². The van der Waals surface area contributed by atoms with E-state index in [-0.39, 0.29) is 5.91 Å². The Morgan fingerprint density at radius 3 is 2.61 bits per heavy atom. The van der Waals surface area contributed by atoms with E-state index in [0.29, 0.717) is 19.6 Å². The van der Waals surface area contributed by atoms with Gasteiger partial charge in [-0.05, 0) is 36.8 Å². The van der Waals surface area contributed by atoms with Gasteiger partial charge in [0.05, 0.1) is 17.1 Å². The van der Waals surface area contributed by atoms with Crippen molar-refractivity contribution in [3.63, 3.8) is 0 Å². The molecule has 1 saturated heterocycles. The number of piperazine rings is 1. The molecule has 1 fully saturated rings. The highest BCUT2D eigenvalue weighted by Crippen LogP contribution is 2.30. The minimum Gasteiger partial charge on any atom is -0.353 e. The number of aryl methyl sites for hydroxylation is 1. The summed E-state index contributed by atoms with van der Waals surface area (Å²) in [5, 5.41) is 6.43. The van der Waals surface area contributed by atoms with Gasteiger partial charge in [0.1, 0.15) is 10.6 Å². The summed E-state index contributed by atoms with van der Waals surface area (Å²) in [6, 6.07) is 15.7. The maximum Gasteiger partial charge on any atom is 0.264 e. The van der Waals surface area contributed by atoms with E-state index in [0.717, 1.165) is 50.3 Å². The first-order valence-electron chi connectivity index (χ1n) is 10.3. The molecule has 0 N–H and O–H groups in total. The van der Waals surface area contributed by atoms with E-state index in [1.165, 1.54) is 11.3 Å². The molecule has 6 nitrogen and oxygen atoms in total. The van der Waals surface area contributed by atoms with Gasteiger partial charge in [0.2, 0.25) is 0 Å². The number of carbonyl (C=O) groups is 1. The summed E-state index contributed by atoms with van der Waals surface area (Å²) < 4.78 is 1.95. The molecule has 1 aliphatic rings. The number of amides is 1. The Morgan fingerprint density at radius 1 is 1.10 bits per heavy atom. The fraction of sp³-hybridized carbons (Fsp3) is 0.261. The summed E-state index contributed by atoms with van der Waals surface area (Å²) in [4.78, 5) is 23.5. The van der Waals surface area contributed by atoms with Crippen LogP contribution in [0.4, 0.5) is 5.82 Å². The van der Waals surface area contributed by atoms with Crippen molar-refractivity contribution in [2.75, 3.05) is 31.1 Å². The average molecular weight is 452 g/mol. The molecular formula is C23H22ClN5OS. The van der Waals surface area contributed by atoms with Crippen molar-refractivity contribution in [2.45, 2.75) is 13.5 Å². The van der Waals surface area contributed by atoms with Crippen LogP contribution < -0.4 is 4.90 Å². The largest absolute Gasteiger partial charge is 0.353 e. The minimum atomic E-state index is 0.0885. The molecule has 0 atom stereocenters. The predicted octanol–water partition coefficient (Wildman–Crippen LogP) is 4.47. The van der Waals surface area contributed by atoms with Crippen LogP contribution in [0.1, 0.15) is 20.9 Å². The van der Waals surface area contributed by atoms with Gasteiger partial charge in [0, 0.05) is 42.8 Å². The van der Waals surface area contributed by atoms with E-state index in [2.05, 4.69) is 15.0 Å². The number of carbonyl (C=O) groups excluding carboxylic acids is 1. The lowest BCUT2D eigenvalue weighted by atomic mass is 10.2. The number of nitrogens with zero attached hydrogens (tertiary/aromatic N) is 5. The third kappa shape index (κ3) is 3.91. The van der Waals surface area contributed by atoms with Crippen LogP contribution in [0.25, 0.3) is 10.2 Å².